The zero-order valence-corrected chi connectivity index (χ0v) is 16.1. The maximum atomic E-state index is 13.7. The minimum atomic E-state index is -0.711. The van der Waals surface area contributed by atoms with E-state index in [1.807, 2.05) is 0 Å². The molecule has 0 amide bonds. The van der Waals surface area contributed by atoms with Crippen LogP contribution >= 0.6 is 0 Å². The van der Waals surface area contributed by atoms with Crippen LogP contribution in [0.3, 0.4) is 0 Å². The molecule has 3 atom stereocenters. The largest absolute Gasteiger partial charge is 0.493 e. The highest BCUT2D eigenvalue weighted by atomic mass is 19.1. The molecule has 2 N–H and O–H groups in total. The standard InChI is InChI=1S/C22H23FN2O4/c1-28-20-9-16-17(24-12-25-22(16)14-3-2-4-15(23)8-14)10-21(20)29-11-13-5-6-18(26)19(27)7-13/h2-4,8-10,12-13,18-19,26-27H,5-7,11H2,1H3. The zero-order chi connectivity index (χ0) is 20.4. The van der Waals surface area contributed by atoms with Gasteiger partial charge in [0.1, 0.15) is 12.1 Å². The summed E-state index contributed by atoms with van der Waals surface area (Å²) in [4.78, 5) is 8.66. The van der Waals surface area contributed by atoms with Crippen LogP contribution in [-0.2, 0) is 0 Å². The number of ether oxygens (including phenoxy) is 2. The fourth-order valence-electron chi connectivity index (χ4n) is 3.78. The summed E-state index contributed by atoms with van der Waals surface area (Å²) in [6, 6.07) is 9.84. The Hall–Kier alpha value is -2.77. The Bertz CT molecular complexity index is 1010. The third-order valence-electron chi connectivity index (χ3n) is 5.38. The number of hydrogen-bond donors (Lipinski definition) is 2. The summed E-state index contributed by atoms with van der Waals surface area (Å²) in [6.07, 6.45) is 1.94. The number of aliphatic hydroxyl groups excluding tert-OH is 2. The van der Waals surface area contributed by atoms with E-state index in [0.717, 1.165) is 11.8 Å². The van der Waals surface area contributed by atoms with Crippen LogP contribution in [0, 0.1) is 11.7 Å². The normalized spacial score (nSPS) is 21.9. The molecule has 29 heavy (non-hydrogen) atoms. The minimum Gasteiger partial charge on any atom is -0.493 e. The summed E-state index contributed by atoms with van der Waals surface area (Å²) in [5.41, 5.74) is 1.93. The van der Waals surface area contributed by atoms with Gasteiger partial charge >= 0.3 is 0 Å². The molecule has 0 saturated heterocycles. The quantitative estimate of drug-likeness (QED) is 0.686. The monoisotopic (exact) mass is 398 g/mol. The van der Waals surface area contributed by atoms with Crippen LogP contribution in [0.1, 0.15) is 19.3 Å². The van der Waals surface area contributed by atoms with Crippen molar-refractivity contribution < 1.29 is 24.1 Å². The predicted molar refractivity (Wildman–Crippen MR) is 106 cm³/mol. The highest BCUT2D eigenvalue weighted by Crippen LogP contribution is 2.36. The van der Waals surface area contributed by atoms with Gasteiger partial charge in [0.2, 0.25) is 0 Å². The zero-order valence-electron chi connectivity index (χ0n) is 16.1. The number of rotatable bonds is 5. The summed E-state index contributed by atoms with van der Waals surface area (Å²) in [5.74, 6) is 0.897. The fraction of sp³-hybridized carbons (Fsp3) is 0.364. The summed E-state index contributed by atoms with van der Waals surface area (Å²) in [7, 11) is 1.56. The molecule has 0 bridgehead atoms. The maximum Gasteiger partial charge on any atom is 0.163 e. The smallest absolute Gasteiger partial charge is 0.163 e. The van der Waals surface area contributed by atoms with E-state index >= 15 is 0 Å². The fourth-order valence-corrected chi connectivity index (χ4v) is 3.78. The van der Waals surface area contributed by atoms with Crippen molar-refractivity contribution in [3.63, 3.8) is 0 Å². The first-order valence-corrected chi connectivity index (χ1v) is 9.62. The molecule has 4 rings (SSSR count). The molecule has 6 nitrogen and oxygen atoms in total. The van der Waals surface area contributed by atoms with E-state index in [1.54, 1.807) is 31.4 Å². The van der Waals surface area contributed by atoms with Crippen molar-refractivity contribution in [3.05, 3.63) is 48.5 Å². The lowest BCUT2D eigenvalue weighted by Crippen LogP contribution is -2.35. The Balaban J connectivity index is 1.63. The first-order valence-electron chi connectivity index (χ1n) is 9.62. The average Bonchev–Trinajstić information content (AvgIpc) is 2.73. The molecule has 1 aliphatic carbocycles. The van der Waals surface area contributed by atoms with E-state index in [-0.39, 0.29) is 11.7 Å². The molecule has 7 heteroatoms. The molecule has 1 heterocycles. The second-order valence-electron chi connectivity index (χ2n) is 7.38. The number of halogens is 1. The molecule has 0 aliphatic heterocycles. The minimum absolute atomic E-state index is 0.155. The lowest BCUT2D eigenvalue weighted by Gasteiger charge is -2.30. The molecule has 1 fully saturated rings. The van der Waals surface area contributed by atoms with Crippen LogP contribution in [0.25, 0.3) is 22.2 Å². The summed E-state index contributed by atoms with van der Waals surface area (Å²) in [5, 5.41) is 20.3. The molecule has 1 saturated carbocycles. The molecule has 2 aromatic carbocycles. The molecular weight excluding hydrogens is 375 g/mol. The van der Waals surface area contributed by atoms with Crippen LogP contribution < -0.4 is 9.47 Å². The Morgan fingerprint density at radius 3 is 2.69 bits per heavy atom. The van der Waals surface area contributed by atoms with Gasteiger partial charge in [0.05, 0.1) is 37.1 Å². The highest BCUT2D eigenvalue weighted by Gasteiger charge is 2.28. The number of hydrogen-bond acceptors (Lipinski definition) is 6. The lowest BCUT2D eigenvalue weighted by molar-refractivity contribution is -0.0317. The molecule has 3 unspecified atom stereocenters. The number of benzene rings is 2. The van der Waals surface area contributed by atoms with E-state index in [9.17, 15) is 14.6 Å². The number of aromatic nitrogens is 2. The van der Waals surface area contributed by atoms with Gasteiger partial charge in [-0.2, -0.15) is 0 Å². The van der Waals surface area contributed by atoms with Crippen molar-refractivity contribution in [3.8, 4) is 22.8 Å². The molecule has 1 aromatic heterocycles. The van der Waals surface area contributed by atoms with Gasteiger partial charge in [0.15, 0.2) is 11.5 Å². The topological polar surface area (TPSA) is 84.7 Å². The van der Waals surface area contributed by atoms with Crippen molar-refractivity contribution in [2.45, 2.75) is 31.5 Å². The van der Waals surface area contributed by atoms with Gasteiger partial charge < -0.3 is 19.7 Å². The molecular formula is C22H23FN2O4. The lowest BCUT2D eigenvalue weighted by atomic mass is 9.86. The highest BCUT2D eigenvalue weighted by molar-refractivity contribution is 5.94. The van der Waals surface area contributed by atoms with E-state index in [1.165, 1.54) is 18.5 Å². The third-order valence-corrected chi connectivity index (χ3v) is 5.38. The van der Waals surface area contributed by atoms with Crippen LogP contribution in [0.15, 0.2) is 42.7 Å². The molecule has 0 radical (unpaired) electrons. The van der Waals surface area contributed by atoms with Gasteiger partial charge in [-0.15, -0.1) is 0 Å². The number of aliphatic hydroxyl groups is 2. The number of methoxy groups -OCH3 is 1. The Morgan fingerprint density at radius 2 is 1.93 bits per heavy atom. The van der Waals surface area contributed by atoms with Crippen molar-refractivity contribution in [1.29, 1.82) is 0 Å². The summed E-state index contributed by atoms with van der Waals surface area (Å²) >= 11 is 0. The van der Waals surface area contributed by atoms with Gasteiger partial charge in [-0.1, -0.05) is 12.1 Å². The molecule has 1 aliphatic rings. The predicted octanol–water partition coefficient (Wildman–Crippen LogP) is 3.35. The molecule has 3 aromatic rings. The van der Waals surface area contributed by atoms with Gasteiger partial charge in [0.25, 0.3) is 0 Å². The SMILES string of the molecule is COc1cc2c(-c3cccc(F)c3)ncnc2cc1OCC1CCC(O)C(O)C1. The third kappa shape index (κ3) is 4.16. The molecule has 152 valence electrons. The molecule has 0 spiro atoms. The van der Waals surface area contributed by atoms with Gasteiger partial charge in [-0.3, -0.25) is 0 Å². The maximum absolute atomic E-state index is 13.7. The Morgan fingerprint density at radius 1 is 1.07 bits per heavy atom. The van der Waals surface area contributed by atoms with Gasteiger partial charge in [0, 0.05) is 17.0 Å². The van der Waals surface area contributed by atoms with Crippen molar-refractivity contribution >= 4 is 10.9 Å². The van der Waals surface area contributed by atoms with E-state index in [4.69, 9.17) is 9.47 Å². The van der Waals surface area contributed by atoms with Crippen LogP contribution in [0.4, 0.5) is 4.39 Å². The van der Waals surface area contributed by atoms with Gasteiger partial charge in [-0.25, -0.2) is 14.4 Å². The van der Waals surface area contributed by atoms with Crippen LogP contribution in [0.2, 0.25) is 0 Å². The average molecular weight is 398 g/mol. The Labute approximate surface area is 168 Å². The second kappa shape index (κ2) is 8.31. The second-order valence-corrected chi connectivity index (χ2v) is 7.38. The number of nitrogens with zero attached hydrogens (tertiary/aromatic N) is 2. The van der Waals surface area contributed by atoms with Crippen LogP contribution in [0.5, 0.6) is 11.5 Å². The van der Waals surface area contributed by atoms with Crippen molar-refractivity contribution in [1.82, 2.24) is 9.97 Å². The Kier molecular flexibility index (Phi) is 5.60. The van der Waals surface area contributed by atoms with Crippen LogP contribution in [-0.4, -0.2) is 46.1 Å². The van der Waals surface area contributed by atoms with E-state index < -0.39 is 12.2 Å². The first kappa shape index (κ1) is 19.5. The van der Waals surface area contributed by atoms with Crippen molar-refractivity contribution in [2.75, 3.05) is 13.7 Å². The first-order chi connectivity index (χ1) is 14.0. The summed E-state index contributed by atoms with van der Waals surface area (Å²) < 4.78 is 25.2. The van der Waals surface area contributed by atoms with E-state index in [2.05, 4.69) is 9.97 Å². The number of fused-ring (bicyclic) bond motifs is 1. The van der Waals surface area contributed by atoms with E-state index in [0.29, 0.717) is 47.7 Å². The van der Waals surface area contributed by atoms with Gasteiger partial charge in [-0.05, 0) is 43.4 Å². The summed E-state index contributed by atoms with van der Waals surface area (Å²) in [6.45, 7) is 0.410. The van der Waals surface area contributed by atoms with Crippen molar-refractivity contribution in [2.24, 2.45) is 5.92 Å².